The molecule has 3 heterocycles. The molecular weight excluding hydrogens is 334 g/mol. The number of benzene rings is 2. The van der Waals surface area contributed by atoms with Gasteiger partial charge in [-0.25, -0.2) is 0 Å². The van der Waals surface area contributed by atoms with Crippen molar-refractivity contribution in [3.05, 3.63) is 68.7 Å². The number of piperidine rings is 1. The number of aromatic nitrogens is 2. The molecule has 5 heteroatoms. The Morgan fingerprint density at radius 1 is 1.16 bits per heavy atom. The van der Waals surface area contributed by atoms with Gasteiger partial charge in [-0.1, -0.05) is 29.8 Å². The minimum Gasteiger partial charge on any atom is -0.317 e. The van der Waals surface area contributed by atoms with Gasteiger partial charge in [0.1, 0.15) is 5.82 Å². The standard InChI is InChI=1S/C20H18ClN3O/c21-15-2-1-3-16-19(15)20(25)23-18-11-14-5-4-13(10-17(14)24(16)18)12-6-8-22-9-7-12/h1-5,10,12,22H,6-9,11H2. The SMILES string of the molecule is O=c1nc2n(c3cccc(Cl)c13)-c1cc(C3CCNCC3)ccc1C2. The minimum atomic E-state index is -0.238. The van der Waals surface area contributed by atoms with E-state index >= 15 is 0 Å². The molecule has 1 saturated heterocycles. The van der Waals surface area contributed by atoms with Crippen LogP contribution in [-0.2, 0) is 6.42 Å². The van der Waals surface area contributed by atoms with Gasteiger partial charge < -0.3 is 5.32 Å². The monoisotopic (exact) mass is 351 g/mol. The summed E-state index contributed by atoms with van der Waals surface area (Å²) in [4.78, 5) is 16.7. The third-order valence-electron chi connectivity index (χ3n) is 5.44. The molecule has 3 aromatic rings. The summed E-state index contributed by atoms with van der Waals surface area (Å²) >= 11 is 6.28. The van der Waals surface area contributed by atoms with Gasteiger partial charge in [-0.05, 0) is 61.2 Å². The first-order chi connectivity index (χ1) is 12.2. The Bertz CT molecular complexity index is 1050. The maximum Gasteiger partial charge on any atom is 0.282 e. The smallest absolute Gasteiger partial charge is 0.282 e. The van der Waals surface area contributed by atoms with Crippen LogP contribution in [-0.4, -0.2) is 22.6 Å². The normalized spacial score (nSPS) is 16.8. The van der Waals surface area contributed by atoms with Crippen LogP contribution < -0.4 is 10.9 Å². The molecule has 0 aliphatic carbocycles. The first-order valence-corrected chi connectivity index (χ1v) is 9.14. The molecule has 2 aromatic carbocycles. The average Bonchev–Trinajstić information content (AvgIpc) is 2.99. The number of hydrogen-bond donors (Lipinski definition) is 1. The van der Waals surface area contributed by atoms with Crippen molar-refractivity contribution >= 4 is 22.5 Å². The molecule has 0 saturated carbocycles. The highest BCUT2D eigenvalue weighted by molar-refractivity contribution is 6.35. The van der Waals surface area contributed by atoms with Crippen molar-refractivity contribution in [1.82, 2.24) is 14.9 Å². The van der Waals surface area contributed by atoms with E-state index < -0.39 is 0 Å². The molecule has 0 radical (unpaired) electrons. The summed E-state index contributed by atoms with van der Waals surface area (Å²) in [6.07, 6.45) is 3.03. The van der Waals surface area contributed by atoms with Gasteiger partial charge in [0.15, 0.2) is 0 Å². The second-order valence-corrected chi connectivity index (χ2v) is 7.30. The molecule has 0 amide bonds. The Morgan fingerprint density at radius 2 is 2.00 bits per heavy atom. The van der Waals surface area contributed by atoms with E-state index in [0.29, 0.717) is 22.7 Å². The van der Waals surface area contributed by atoms with E-state index in [4.69, 9.17) is 11.6 Å². The number of nitrogens with one attached hydrogen (secondary N) is 1. The molecule has 1 fully saturated rings. The highest BCUT2D eigenvalue weighted by atomic mass is 35.5. The fraction of sp³-hybridized carbons (Fsp3) is 0.300. The van der Waals surface area contributed by atoms with E-state index in [0.717, 1.165) is 30.1 Å². The van der Waals surface area contributed by atoms with E-state index in [1.54, 1.807) is 6.07 Å². The average molecular weight is 352 g/mol. The Hall–Kier alpha value is -2.17. The van der Waals surface area contributed by atoms with E-state index in [2.05, 4.69) is 33.1 Å². The first-order valence-electron chi connectivity index (χ1n) is 8.76. The minimum absolute atomic E-state index is 0.238. The van der Waals surface area contributed by atoms with Crippen molar-refractivity contribution in [1.29, 1.82) is 0 Å². The van der Waals surface area contributed by atoms with Gasteiger partial charge in [-0.15, -0.1) is 0 Å². The van der Waals surface area contributed by atoms with Crippen LogP contribution in [0.1, 0.15) is 35.7 Å². The largest absolute Gasteiger partial charge is 0.317 e. The van der Waals surface area contributed by atoms with Gasteiger partial charge >= 0.3 is 0 Å². The zero-order valence-corrected chi connectivity index (χ0v) is 14.5. The van der Waals surface area contributed by atoms with Gasteiger partial charge in [-0.3, -0.25) is 9.36 Å². The molecule has 4 nitrogen and oxygen atoms in total. The van der Waals surface area contributed by atoms with Crippen LogP contribution in [0.2, 0.25) is 5.02 Å². The lowest BCUT2D eigenvalue weighted by atomic mass is 9.89. The molecule has 1 N–H and O–H groups in total. The third kappa shape index (κ3) is 2.32. The number of nitrogens with zero attached hydrogens (tertiary/aromatic N) is 2. The highest BCUT2D eigenvalue weighted by Crippen LogP contribution is 2.35. The zero-order valence-electron chi connectivity index (χ0n) is 13.8. The molecule has 0 atom stereocenters. The summed E-state index contributed by atoms with van der Waals surface area (Å²) in [5.74, 6) is 1.40. The topological polar surface area (TPSA) is 46.9 Å². The second kappa shape index (κ2) is 5.68. The second-order valence-electron chi connectivity index (χ2n) is 6.89. The Balaban J connectivity index is 1.73. The van der Waals surface area contributed by atoms with E-state index in [9.17, 15) is 4.79 Å². The fourth-order valence-electron chi connectivity index (χ4n) is 4.18. The molecule has 5 rings (SSSR count). The first kappa shape index (κ1) is 15.1. The predicted octanol–water partition coefficient (Wildman–Crippen LogP) is 3.41. The summed E-state index contributed by atoms with van der Waals surface area (Å²) in [6.45, 7) is 2.15. The van der Waals surface area contributed by atoms with Crippen molar-refractivity contribution in [2.24, 2.45) is 0 Å². The van der Waals surface area contributed by atoms with Crippen molar-refractivity contribution in [3.8, 4) is 5.69 Å². The van der Waals surface area contributed by atoms with Crippen LogP contribution in [0.4, 0.5) is 0 Å². The lowest BCUT2D eigenvalue weighted by Crippen LogP contribution is -2.26. The maximum absolute atomic E-state index is 12.4. The maximum atomic E-state index is 12.4. The van der Waals surface area contributed by atoms with Gasteiger partial charge in [0.2, 0.25) is 0 Å². The van der Waals surface area contributed by atoms with Crippen molar-refractivity contribution in [2.75, 3.05) is 13.1 Å². The fourth-order valence-corrected chi connectivity index (χ4v) is 4.43. The molecule has 0 unspecified atom stereocenters. The summed E-state index contributed by atoms with van der Waals surface area (Å²) < 4.78 is 2.11. The van der Waals surface area contributed by atoms with Gasteiger partial charge in [0.05, 0.1) is 21.6 Å². The van der Waals surface area contributed by atoms with Crippen LogP contribution in [0, 0.1) is 0 Å². The Labute approximate surface area is 150 Å². The van der Waals surface area contributed by atoms with Crippen LogP contribution in [0.25, 0.3) is 16.6 Å². The van der Waals surface area contributed by atoms with Gasteiger partial charge in [-0.2, -0.15) is 4.98 Å². The molecule has 2 aliphatic rings. The molecule has 25 heavy (non-hydrogen) atoms. The third-order valence-corrected chi connectivity index (χ3v) is 5.76. The van der Waals surface area contributed by atoms with Gasteiger partial charge in [0.25, 0.3) is 5.56 Å². The summed E-state index contributed by atoms with van der Waals surface area (Å²) in [5, 5.41) is 4.40. The van der Waals surface area contributed by atoms with Crippen LogP contribution in [0.5, 0.6) is 0 Å². The predicted molar refractivity (Wildman–Crippen MR) is 100 cm³/mol. The lowest BCUT2D eigenvalue weighted by Gasteiger charge is -2.23. The van der Waals surface area contributed by atoms with Crippen LogP contribution >= 0.6 is 11.6 Å². The number of hydrogen-bond acceptors (Lipinski definition) is 3. The number of fused-ring (bicyclic) bond motifs is 5. The number of rotatable bonds is 1. The Morgan fingerprint density at radius 3 is 2.84 bits per heavy atom. The molecule has 1 aromatic heterocycles. The van der Waals surface area contributed by atoms with Crippen molar-refractivity contribution < 1.29 is 0 Å². The Kier molecular flexibility index (Phi) is 3.43. The highest BCUT2D eigenvalue weighted by Gasteiger charge is 2.24. The van der Waals surface area contributed by atoms with Crippen LogP contribution in [0.3, 0.4) is 0 Å². The zero-order chi connectivity index (χ0) is 17.0. The van der Waals surface area contributed by atoms with Gasteiger partial charge in [0, 0.05) is 6.42 Å². The van der Waals surface area contributed by atoms with Crippen molar-refractivity contribution in [3.63, 3.8) is 0 Å². The molecule has 126 valence electrons. The van der Waals surface area contributed by atoms with Crippen LogP contribution in [0.15, 0.2) is 41.2 Å². The number of halogens is 1. The summed E-state index contributed by atoms with van der Waals surface area (Å²) in [7, 11) is 0. The quantitative estimate of drug-likeness (QED) is 0.571. The summed E-state index contributed by atoms with van der Waals surface area (Å²) in [6, 6.07) is 12.3. The molecule has 0 bridgehead atoms. The molecular formula is C20H18ClN3O. The van der Waals surface area contributed by atoms with E-state index in [-0.39, 0.29) is 5.56 Å². The van der Waals surface area contributed by atoms with Crippen molar-refractivity contribution in [2.45, 2.75) is 25.2 Å². The lowest BCUT2D eigenvalue weighted by molar-refractivity contribution is 0.460. The summed E-state index contributed by atoms with van der Waals surface area (Å²) in [5.41, 5.74) is 4.35. The molecule has 2 aliphatic heterocycles. The molecule has 0 spiro atoms. The van der Waals surface area contributed by atoms with E-state index in [1.807, 2.05) is 12.1 Å². The van der Waals surface area contributed by atoms with E-state index in [1.165, 1.54) is 24.0 Å².